The Kier molecular flexibility index (Phi) is 7.70. The molecule has 1 unspecified atom stereocenters. The number of benzene rings is 1. The van der Waals surface area contributed by atoms with Crippen molar-refractivity contribution < 1.29 is 14.6 Å². The van der Waals surface area contributed by atoms with Gasteiger partial charge in [-0.1, -0.05) is 6.07 Å². The van der Waals surface area contributed by atoms with Crippen LogP contribution in [0.15, 0.2) is 24.3 Å². The number of hydrogen-bond donors (Lipinski definition) is 3. The van der Waals surface area contributed by atoms with E-state index in [4.69, 9.17) is 4.74 Å². The normalized spacial score (nSPS) is 12.1. The first-order valence-corrected chi connectivity index (χ1v) is 7.48. The number of rotatable bonds is 8. The zero-order chi connectivity index (χ0) is 16.5. The van der Waals surface area contributed by atoms with Crippen molar-refractivity contribution in [2.24, 2.45) is 0 Å². The van der Waals surface area contributed by atoms with Crippen LogP contribution in [-0.4, -0.2) is 50.6 Å². The van der Waals surface area contributed by atoms with Gasteiger partial charge in [0.05, 0.1) is 12.6 Å². The number of hydrogen-bond acceptors (Lipinski definition) is 4. The van der Waals surface area contributed by atoms with E-state index in [1.807, 2.05) is 31.3 Å². The molecule has 0 aliphatic carbocycles. The van der Waals surface area contributed by atoms with E-state index in [1.165, 1.54) is 0 Å². The van der Waals surface area contributed by atoms with Crippen molar-refractivity contribution >= 4 is 17.4 Å². The van der Waals surface area contributed by atoms with Crippen LogP contribution in [0.5, 0.6) is 0 Å². The molecule has 6 heteroatoms. The van der Waals surface area contributed by atoms with Crippen molar-refractivity contribution in [1.82, 2.24) is 5.32 Å². The van der Waals surface area contributed by atoms with Crippen LogP contribution in [0.1, 0.15) is 20.3 Å². The summed E-state index contributed by atoms with van der Waals surface area (Å²) in [5, 5.41) is 14.8. The fourth-order valence-corrected chi connectivity index (χ4v) is 1.92. The number of aliphatic hydroxyl groups is 1. The van der Waals surface area contributed by atoms with Crippen molar-refractivity contribution in [3.63, 3.8) is 0 Å². The minimum Gasteiger partial charge on any atom is -0.394 e. The predicted molar refractivity (Wildman–Crippen MR) is 89.5 cm³/mol. The Labute approximate surface area is 132 Å². The summed E-state index contributed by atoms with van der Waals surface area (Å²) in [6.07, 6.45) is 0.566. The number of nitrogens with one attached hydrogen (secondary N) is 2. The molecule has 3 N–H and O–H groups in total. The molecule has 2 amide bonds. The highest BCUT2D eigenvalue weighted by Gasteiger charge is 2.12. The molecule has 0 radical (unpaired) electrons. The average Bonchev–Trinajstić information content (AvgIpc) is 2.50. The summed E-state index contributed by atoms with van der Waals surface area (Å²) in [6, 6.07) is 7.37. The van der Waals surface area contributed by atoms with Crippen LogP contribution in [0.4, 0.5) is 16.2 Å². The topological polar surface area (TPSA) is 73.8 Å². The third-order valence-corrected chi connectivity index (χ3v) is 3.51. The third-order valence-electron chi connectivity index (χ3n) is 3.51. The maximum atomic E-state index is 12.0. The molecule has 0 heterocycles. The van der Waals surface area contributed by atoms with Crippen LogP contribution in [0, 0.1) is 0 Å². The van der Waals surface area contributed by atoms with Gasteiger partial charge in [-0.3, -0.25) is 0 Å². The molecule has 0 aliphatic rings. The highest BCUT2D eigenvalue weighted by atomic mass is 16.5. The average molecular weight is 309 g/mol. The maximum absolute atomic E-state index is 12.0. The molecule has 22 heavy (non-hydrogen) atoms. The van der Waals surface area contributed by atoms with E-state index in [-0.39, 0.29) is 18.7 Å². The van der Waals surface area contributed by atoms with Crippen LogP contribution >= 0.6 is 0 Å². The fourth-order valence-electron chi connectivity index (χ4n) is 1.92. The van der Waals surface area contributed by atoms with Gasteiger partial charge >= 0.3 is 6.03 Å². The standard InChI is InChI=1S/C16H27N3O3/c1-12(2)19(3)15-7-5-6-13(10-15)17-16(21)18-14(11-20)8-9-22-4/h5-7,10,12,14,20H,8-9,11H2,1-4H3,(H2,17,18,21). The number of methoxy groups -OCH3 is 1. The summed E-state index contributed by atoms with van der Waals surface area (Å²) in [5.41, 5.74) is 1.75. The van der Waals surface area contributed by atoms with Crippen molar-refractivity contribution in [2.45, 2.75) is 32.4 Å². The Morgan fingerprint density at radius 2 is 2.14 bits per heavy atom. The highest BCUT2D eigenvalue weighted by molar-refractivity contribution is 5.90. The first-order chi connectivity index (χ1) is 10.5. The van der Waals surface area contributed by atoms with Gasteiger partial charge in [0.2, 0.25) is 0 Å². The molecule has 0 saturated heterocycles. The lowest BCUT2D eigenvalue weighted by atomic mass is 10.2. The number of nitrogens with zero attached hydrogens (tertiary/aromatic N) is 1. The molecule has 0 aliphatic heterocycles. The largest absolute Gasteiger partial charge is 0.394 e. The van der Waals surface area contributed by atoms with Gasteiger partial charge in [-0.05, 0) is 38.5 Å². The van der Waals surface area contributed by atoms with E-state index >= 15 is 0 Å². The molecule has 0 fully saturated rings. The van der Waals surface area contributed by atoms with Gasteiger partial charge in [0.15, 0.2) is 0 Å². The quantitative estimate of drug-likeness (QED) is 0.687. The molecule has 0 spiro atoms. The van der Waals surface area contributed by atoms with Crippen molar-refractivity contribution in [3.05, 3.63) is 24.3 Å². The monoisotopic (exact) mass is 309 g/mol. The molecule has 0 bridgehead atoms. The fraction of sp³-hybridized carbons (Fsp3) is 0.562. The minimum absolute atomic E-state index is 0.118. The Bertz CT molecular complexity index is 466. The molecule has 1 aromatic carbocycles. The van der Waals surface area contributed by atoms with E-state index in [2.05, 4.69) is 29.4 Å². The van der Waals surface area contributed by atoms with Crippen LogP contribution in [0.25, 0.3) is 0 Å². The summed E-state index contributed by atoms with van der Waals surface area (Å²) >= 11 is 0. The van der Waals surface area contributed by atoms with Gasteiger partial charge < -0.3 is 25.4 Å². The van der Waals surface area contributed by atoms with E-state index in [1.54, 1.807) is 7.11 Å². The second kappa shape index (κ2) is 9.27. The number of amides is 2. The summed E-state index contributed by atoms with van der Waals surface area (Å²) < 4.78 is 4.95. The number of carbonyl (C=O) groups excluding carboxylic acids is 1. The minimum atomic E-state index is -0.334. The molecule has 1 rings (SSSR count). The van der Waals surface area contributed by atoms with E-state index in [0.29, 0.717) is 24.8 Å². The molecule has 0 aromatic heterocycles. The summed E-state index contributed by atoms with van der Waals surface area (Å²) in [4.78, 5) is 14.1. The Morgan fingerprint density at radius 1 is 1.41 bits per heavy atom. The zero-order valence-corrected chi connectivity index (χ0v) is 13.8. The second-order valence-electron chi connectivity index (χ2n) is 5.51. The van der Waals surface area contributed by atoms with Gasteiger partial charge in [0, 0.05) is 38.2 Å². The van der Waals surface area contributed by atoms with Crippen molar-refractivity contribution in [3.8, 4) is 0 Å². The van der Waals surface area contributed by atoms with Gasteiger partial charge in [-0.15, -0.1) is 0 Å². The van der Waals surface area contributed by atoms with Gasteiger partial charge in [0.1, 0.15) is 0 Å². The number of urea groups is 1. The van der Waals surface area contributed by atoms with Crippen LogP contribution < -0.4 is 15.5 Å². The van der Waals surface area contributed by atoms with Crippen molar-refractivity contribution in [1.29, 1.82) is 0 Å². The number of anilines is 2. The molecular weight excluding hydrogens is 282 g/mol. The molecular formula is C16H27N3O3. The zero-order valence-electron chi connectivity index (χ0n) is 13.8. The molecule has 1 aromatic rings. The first kappa shape index (κ1) is 18.3. The lowest BCUT2D eigenvalue weighted by molar-refractivity contribution is 0.161. The predicted octanol–water partition coefficient (Wildman–Crippen LogP) is 2.05. The lowest BCUT2D eigenvalue weighted by Crippen LogP contribution is -2.40. The number of carbonyl (C=O) groups is 1. The second-order valence-corrected chi connectivity index (χ2v) is 5.51. The summed E-state index contributed by atoms with van der Waals surface area (Å²) in [7, 11) is 3.60. The summed E-state index contributed by atoms with van der Waals surface area (Å²) in [6.45, 7) is 4.58. The van der Waals surface area contributed by atoms with Crippen LogP contribution in [-0.2, 0) is 4.74 Å². The maximum Gasteiger partial charge on any atom is 0.319 e. The van der Waals surface area contributed by atoms with Gasteiger partial charge in [-0.25, -0.2) is 4.79 Å². The Morgan fingerprint density at radius 3 is 2.73 bits per heavy atom. The first-order valence-electron chi connectivity index (χ1n) is 7.48. The Balaban J connectivity index is 2.62. The van der Waals surface area contributed by atoms with Crippen LogP contribution in [0.2, 0.25) is 0 Å². The number of aliphatic hydroxyl groups excluding tert-OH is 1. The van der Waals surface area contributed by atoms with Gasteiger partial charge in [-0.2, -0.15) is 0 Å². The summed E-state index contributed by atoms with van der Waals surface area (Å²) in [5.74, 6) is 0. The molecule has 0 saturated carbocycles. The lowest BCUT2D eigenvalue weighted by Gasteiger charge is -2.24. The van der Waals surface area contributed by atoms with Gasteiger partial charge in [0.25, 0.3) is 0 Å². The Hall–Kier alpha value is -1.79. The van der Waals surface area contributed by atoms with E-state index < -0.39 is 0 Å². The highest BCUT2D eigenvalue weighted by Crippen LogP contribution is 2.20. The van der Waals surface area contributed by atoms with Crippen molar-refractivity contribution in [2.75, 3.05) is 37.6 Å². The molecule has 6 nitrogen and oxygen atoms in total. The van der Waals surface area contributed by atoms with E-state index in [9.17, 15) is 9.90 Å². The van der Waals surface area contributed by atoms with E-state index in [0.717, 1.165) is 5.69 Å². The number of ether oxygens (including phenoxy) is 1. The molecule has 124 valence electrons. The third kappa shape index (κ3) is 5.91. The smallest absolute Gasteiger partial charge is 0.319 e. The SMILES string of the molecule is COCCC(CO)NC(=O)Nc1cccc(N(C)C(C)C)c1. The molecule has 1 atom stereocenters. The van der Waals surface area contributed by atoms with Crippen LogP contribution in [0.3, 0.4) is 0 Å².